The van der Waals surface area contributed by atoms with E-state index in [9.17, 15) is 18.8 Å². The fraction of sp³-hybridized carbons (Fsp3) is 0.438. The van der Waals surface area contributed by atoms with Crippen molar-refractivity contribution >= 4 is 11.7 Å². The highest BCUT2D eigenvalue weighted by Gasteiger charge is 2.29. The van der Waals surface area contributed by atoms with Gasteiger partial charge in [-0.15, -0.1) is 0 Å². The number of carbonyl (C=O) groups is 2. The summed E-state index contributed by atoms with van der Waals surface area (Å²) >= 11 is 0. The lowest BCUT2D eigenvalue weighted by Gasteiger charge is -2.34. The third-order valence-corrected chi connectivity index (χ3v) is 7.39. The summed E-state index contributed by atoms with van der Waals surface area (Å²) in [5, 5.41) is 3.07. The zero-order valence-electron chi connectivity index (χ0n) is 24.0. The minimum atomic E-state index is -0.814. The Bertz CT molecular complexity index is 1410. The normalized spacial score (nSPS) is 15.5. The van der Waals surface area contributed by atoms with E-state index in [-0.39, 0.29) is 29.6 Å². The van der Waals surface area contributed by atoms with Crippen LogP contribution in [0.25, 0.3) is 11.1 Å². The van der Waals surface area contributed by atoms with Gasteiger partial charge in [0.15, 0.2) is 0 Å². The zero-order valence-corrected chi connectivity index (χ0v) is 24.0. The Labute approximate surface area is 235 Å². The Morgan fingerprint density at radius 3 is 2.42 bits per heavy atom. The van der Waals surface area contributed by atoms with E-state index in [0.29, 0.717) is 26.1 Å². The van der Waals surface area contributed by atoms with Gasteiger partial charge in [0.05, 0.1) is 6.04 Å². The van der Waals surface area contributed by atoms with E-state index >= 15 is 0 Å². The molecular formula is C32H39FN4O3. The summed E-state index contributed by atoms with van der Waals surface area (Å²) in [4.78, 5) is 45.5. The van der Waals surface area contributed by atoms with Crippen LogP contribution in [0.4, 0.5) is 4.39 Å². The van der Waals surface area contributed by atoms with E-state index in [1.807, 2.05) is 56.9 Å². The molecule has 0 saturated carbocycles. The van der Waals surface area contributed by atoms with E-state index in [0.717, 1.165) is 33.4 Å². The Morgan fingerprint density at radius 2 is 1.80 bits per heavy atom. The number of alkyl halides is 1. The number of halogens is 1. The van der Waals surface area contributed by atoms with Gasteiger partial charge in [-0.1, -0.05) is 38.1 Å². The quantitative estimate of drug-likeness (QED) is 0.362. The second-order valence-corrected chi connectivity index (χ2v) is 11.5. The molecule has 40 heavy (non-hydrogen) atoms. The number of rotatable bonds is 11. The number of aromatic nitrogens is 2. The van der Waals surface area contributed by atoms with E-state index in [1.165, 1.54) is 17.6 Å². The molecule has 0 radical (unpaired) electrons. The van der Waals surface area contributed by atoms with Crippen LogP contribution in [0.5, 0.6) is 0 Å². The molecule has 3 heterocycles. The Balaban J connectivity index is 1.64. The number of hydrogen-bond acceptors (Lipinski definition) is 5. The van der Waals surface area contributed by atoms with Crippen LogP contribution < -0.4 is 10.9 Å². The van der Waals surface area contributed by atoms with E-state index < -0.39 is 18.3 Å². The number of nitrogens with one attached hydrogen (secondary N) is 1. The molecular weight excluding hydrogens is 507 g/mol. The average Bonchev–Trinajstić information content (AvgIpc) is 2.87. The maximum Gasteiger partial charge on any atom is 0.251 e. The average molecular weight is 547 g/mol. The minimum absolute atomic E-state index is 0.0666. The molecule has 1 aliphatic rings. The van der Waals surface area contributed by atoms with E-state index in [2.05, 4.69) is 10.3 Å². The third kappa shape index (κ3) is 7.10. The van der Waals surface area contributed by atoms with Crippen LogP contribution in [0.15, 0.2) is 59.8 Å². The molecule has 0 spiro atoms. The first kappa shape index (κ1) is 29.3. The Kier molecular flexibility index (Phi) is 9.30. The molecule has 212 valence electrons. The van der Waals surface area contributed by atoms with Crippen molar-refractivity contribution in [2.24, 2.45) is 5.92 Å². The number of hydrogen-bond donors (Lipinski definition) is 1. The standard InChI is InChI=1S/C32H39FN4O3/c1-20(2)11-29(37-17-24(9-10-30(37)39)16-36-18-27(33)19-36)32(40)35-28(12-23(5)38)25-13-26(15-34-14-25)31-21(3)7-6-8-22(31)4/h6-10,13-15,17,20,27-29H,11-12,16,18-19H2,1-5H3,(H,35,40)/t28-,29?/m0/s1. The first-order chi connectivity index (χ1) is 19.0. The van der Waals surface area contributed by atoms with E-state index in [4.69, 9.17) is 0 Å². The van der Waals surface area contributed by atoms with Crippen LogP contribution in [0.1, 0.15) is 68.0 Å². The van der Waals surface area contributed by atoms with Crippen molar-refractivity contribution in [3.05, 3.63) is 87.6 Å². The third-order valence-electron chi connectivity index (χ3n) is 7.39. The lowest BCUT2D eigenvalue weighted by atomic mass is 9.94. The largest absolute Gasteiger partial charge is 0.347 e. The first-order valence-electron chi connectivity index (χ1n) is 13.9. The number of carbonyl (C=O) groups excluding carboxylic acids is 2. The van der Waals surface area contributed by atoms with Crippen LogP contribution in [0.3, 0.4) is 0 Å². The van der Waals surface area contributed by atoms with Gasteiger partial charge in [0.25, 0.3) is 5.56 Å². The van der Waals surface area contributed by atoms with Gasteiger partial charge in [-0.25, -0.2) is 4.39 Å². The molecule has 2 aromatic heterocycles. The number of ketones is 1. The smallest absolute Gasteiger partial charge is 0.251 e. The fourth-order valence-corrected chi connectivity index (χ4v) is 5.44. The van der Waals surface area contributed by atoms with Gasteiger partial charge in [0.2, 0.25) is 5.91 Å². The van der Waals surface area contributed by atoms with Gasteiger partial charge in [0.1, 0.15) is 18.0 Å². The van der Waals surface area contributed by atoms with Gasteiger partial charge in [-0.05, 0) is 67.0 Å². The van der Waals surface area contributed by atoms with Crippen LogP contribution in [-0.4, -0.2) is 45.4 Å². The first-order valence-corrected chi connectivity index (χ1v) is 13.9. The summed E-state index contributed by atoms with van der Waals surface area (Å²) in [6.07, 6.45) is 4.92. The van der Waals surface area contributed by atoms with Gasteiger partial charge in [0, 0.05) is 56.3 Å². The number of amides is 1. The summed E-state index contributed by atoms with van der Waals surface area (Å²) in [6.45, 7) is 10.9. The predicted octanol–water partition coefficient (Wildman–Crippen LogP) is 5.10. The summed E-state index contributed by atoms with van der Waals surface area (Å²) in [5.74, 6) is -0.262. The lowest BCUT2D eigenvalue weighted by Crippen LogP contribution is -2.47. The predicted molar refractivity (Wildman–Crippen MR) is 155 cm³/mol. The van der Waals surface area contributed by atoms with Gasteiger partial charge in [-0.3, -0.25) is 24.3 Å². The molecule has 2 atom stereocenters. The SMILES string of the molecule is CC(=O)C[C@H](NC(=O)C(CC(C)C)n1cc(CN2CC(F)C2)ccc1=O)c1cncc(-c2c(C)cccc2C)c1. The fourth-order valence-electron chi connectivity index (χ4n) is 5.44. The number of benzene rings is 1. The second-order valence-electron chi connectivity index (χ2n) is 11.5. The minimum Gasteiger partial charge on any atom is -0.347 e. The molecule has 3 aromatic rings. The summed E-state index contributed by atoms with van der Waals surface area (Å²) in [7, 11) is 0. The van der Waals surface area contributed by atoms with Crippen molar-refractivity contribution in [1.82, 2.24) is 19.8 Å². The maximum absolute atomic E-state index is 13.8. The van der Waals surface area contributed by atoms with Crippen molar-refractivity contribution in [2.45, 2.75) is 72.3 Å². The molecule has 8 heteroatoms. The highest BCUT2D eigenvalue weighted by Crippen LogP contribution is 2.30. The second kappa shape index (κ2) is 12.7. The van der Waals surface area contributed by atoms with Gasteiger partial charge in [-0.2, -0.15) is 0 Å². The van der Waals surface area contributed by atoms with Crippen LogP contribution in [-0.2, 0) is 16.1 Å². The molecule has 0 aliphatic carbocycles. The zero-order chi connectivity index (χ0) is 29.0. The van der Waals surface area contributed by atoms with Gasteiger partial charge < -0.3 is 9.88 Å². The molecule has 1 aliphatic heterocycles. The number of aryl methyl sites for hydroxylation is 2. The highest BCUT2D eigenvalue weighted by molar-refractivity contribution is 5.83. The topological polar surface area (TPSA) is 84.3 Å². The molecule has 0 bridgehead atoms. The molecule has 1 saturated heterocycles. The Morgan fingerprint density at radius 1 is 1.10 bits per heavy atom. The van der Waals surface area contributed by atoms with Crippen LogP contribution >= 0.6 is 0 Å². The number of Topliss-reactive ketones (excluding diaryl/α,β-unsaturated/α-hetero) is 1. The summed E-state index contributed by atoms with van der Waals surface area (Å²) < 4.78 is 14.8. The molecule has 1 N–H and O–H groups in total. The molecule has 1 fully saturated rings. The van der Waals surface area contributed by atoms with Gasteiger partial charge >= 0.3 is 0 Å². The number of nitrogens with zero attached hydrogens (tertiary/aromatic N) is 3. The highest BCUT2D eigenvalue weighted by atomic mass is 19.1. The monoisotopic (exact) mass is 546 g/mol. The van der Waals surface area contributed by atoms with Crippen molar-refractivity contribution in [1.29, 1.82) is 0 Å². The summed E-state index contributed by atoms with van der Waals surface area (Å²) in [5.41, 5.74) is 5.52. The molecule has 1 amide bonds. The van der Waals surface area contributed by atoms with Crippen LogP contribution in [0, 0.1) is 19.8 Å². The van der Waals surface area contributed by atoms with Crippen molar-refractivity contribution in [2.75, 3.05) is 13.1 Å². The molecule has 1 aromatic carbocycles. The van der Waals surface area contributed by atoms with Crippen LogP contribution in [0.2, 0.25) is 0 Å². The Hall–Kier alpha value is -3.65. The number of likely N-dealkylation sites (tertiary alicyclic amines) is 1. The molecule has 4 rings (SSSR count). The maximum atomic E-state index is 13.8. The lowest BCUT2D eigenvalue weighted by molar-refractivity contribution is -0.126. The van der Waals surface area contributed by atoms with Crippen molar-refractivity contribution in [3.8, 4) is 11.1 Å². The van der Waals surface area contributed by atoms with E-state index in [1.54, 1.807) is 24.7 Å². The molecule has 1 unspecified atom stereocenters. The molecule has 7 nitrogen and oxygen atoms in total. The summed E-state index contributed by atoms with van der Waals surface area (Å²) in [6, 6.07) is 9.92. The van der Waals surface area contributed by atoms with Crippen molar-refractivity contribution < 1.29 is 14.0 Å². The van der Waals surface area contributed by atoms with Crippen molar-refractivity contribution in [3.63, 3.8) is 0 Å². The number of pyridine rings is 2.